The van der Waals surface area contributed by atoms with Crippen molar-refractivity contribution in [3.05, 3.63) is 45.1 Å². The van der Waals surface area contributed by atoms with Gasteiger partial charge in [-0.05, 0) is 49.3 Å². The summed E-state index contributed by atoms with van der Waals surface area (Å²) >= 11 is 2.62. The molecule has 1 aromatic carbocycles. The van der Waals surface area contributed by atoms with Gasteiger partial charge in [0, 0.05) is 10.9 Å². The van der Waals surface area contributed by atoms with Gasteiger partial charge in [-0.3, -0.25) is 9.59 Å². The lowest BCUT2D eigenvalue weighted by molar-refractivity contribution is -0.117. The number of carbonyl (C=O) groups is 1. The maximum Gasteiger partial charge on any atom is 0.260 e. The zero-order chi connectivity index (χ0) is 18.3. The van der Waals surface area contributed by atoms with Gasteiger partial charge in [0.1, 0.15) is 4.83 Å². The molecule has 0 radical (unpaired) electrons. The van der Waals surface area contributed by atoms with Gasteiger partial charge in [0.25, 0.3) is 5.56 Å². The molecule has 0 bridgehead atoms. The molecule has 0 fully saturated rings. The molecular weight excluding hydrogens is 366 g/mol. The number of aromatic amines is 1. The van der Waals surface area contributed by atoms with E-state index < -0.39 is 11.2 Å². The standard InChI is InChI=1S/C19H19N3O2S2/c1-10(16(20)23)26-19-21-17(24)15-14(9-25-18(15)22-19)13-7-6-11-4-2-3-5-12(11)8-13/h6-10H,2-5H2,1H3,(H2,20,23)(H,21,22,24). The predicted octanol–water partition coefficient (Wildman–Crippen LogP) is 3.50. The van der Waals surface area contributed by atoms with Crippen molar-refractivity contribution in [2.24, 2.45) is 5.73 Å². The molecule has 3 N–H and O–H groups in total. The molecule has 5 nitrogen and oxygen atoms in total. The Morgan fingerprint density at radius 3 is 2.85 bits per heavy atom. The zero-order valence-electron chi connectivity index (χ0n) is 14.4. The van der Waals surface area contributed by atoms with E-state index in [4.69, 9.17) is 5.73 Å². The van der Waals surface area contributed by atoms with E-state index in [9.17, 15) is 9.59 Å². The van der Waals surface area contributed by atoms with Crippen LogP contribution in [-0.4, -0.2) is 21.1 Å². The lowest BCUT2D eigenvalue weighted by Crippen LogP contribution is -2.23. The van der Waals surface area contributed by atoms with Gasteiger partial charge in [-0.2, -0.15) is 0 Å². The Labute approximate surface area is 159 Å². The number of thioether (sulfide) groups is 1. The number of fused-ring (bicyclic) bond motifs is 2. The van der Waals surface area contributed by atoms with Crippen molar-refractivity contribution in [3.8, 4) is 11.1 Å². The molecule has 4 rings (SSSR count). The maximum atomic E-state index is 12.7. The predicted molar refractivity (Wildman–Crippen MR) is 107 cm³/mol. The highest BCUT2D eigenvalue weighted by molar-refractivity contribution is 8.00. The number of benzene rings is 1. The quantitative estimate of drug-likeness (QED) is 0.531. The number of hydrogen-bond acceptors (Lipinski definition) is 5. The van der Waals surface area contributed by atoms with E-state index in [1.165, 1.54) is 47.1 Å². The Morgan fingerprint density at radius 2 is 2.08 bits per heavy atom. The molecule has 2 aromatic heterocycles. The normalized spacial score (nSPS) is 15.0. The van der Waals surface area contributed by atoms with Crippen molar-refractivity contribution in [3.63, 3.8) is 0 Å². The summed E-state index contributed by atoms with van der Waals surface area (Å²) in [6, 6.07) is 6.50. The molecule has 0 aliphatic heterocycles. The van der Waals surface area contributed by atoms with Gasteiger partial charge in [0.05, 0.1) is 10.6 Å². The van der Waals surface area contributed by atoms with Crippen LogP contribution in [0.5, 0.6) is 0 Å². The average Bonchev–Trinajstić information content (AvgIpc) is 3.05. The van der Waals surface area contributed by atoms with Crippen LogP contribution in [0, 0.1) is 0 Å². The van der Waals surface area contributed by atoms with Crippen LogP contribution in [0.1, 0.15) is 30.9 Å². The van der Waals surface area contributed by atoms with E-state index in [1.807, 2.05) is 5.38 Å². The number of amides is 1. The van der Waals surface area contributed by atoms with E-state index in [1.54, 1.807) is 6.92 Å². The Kier molecular flexibility index (Phi) is 4.58. The highest BCUT2D eigenvalue weighted by atomic mass is 32.2. The van der Waals surface area contributed by atoms with Gasteiger partial charge in [0.2, 0.25) is 5.91 Å². The molecule has 134 valence electrons. The molecule has 1 atom stereocenters. The number of H-pyrrole nitrogens is 1. The lowest BCUT2D eigenvalue weighted by atomic mass is 9.89. The fourth-order valence-corrected chi connectivity index (χ4v) is 5.08. The zero-order valence-corrected chi connectivity index (χ0v) is 16.0. The Bertz CT molecular complexity index is 1050. The fourth-order valence-electron chi connectivity index (χ4n) is 3.32. The van der Waals surface area contributed by atoms with E-state index >= 15 is 0 Å². The number of aryl methyl sites for hydroxylation is 2. The van der Waals surface area contributed by atoms with Gasteiger partial charge in [-0.1, -0.05) is 30.0 Å². The first-order chi connectivity index (χ1) is 12.5. The minimum Gasteiger partial charge on any atom is -0.369 e. The molecule has 1 aliphatic rings. The molecule has 0 saturated carbocycles. The first-order valence-corrected chi connectivity index (χ1v) is 10.4. The summed E-state index contributed by atoms with van der Waals surface area (Å²) in [6.07, 6.45) is 4.72. The van der Waals surface area contributed by atoms with Crippen LogP contribution in [0.2, 0.25) is 0 Å². The monoisotopic (exact) mass is 385 g/mol. The SMILES string of the molecule is CC(Sc1nc2scc(-c3ccc4c(c3)CCCC4)c2c(=O)[nH]1)C(N)=O. The van der Waals surface area contributed by atoms with Crippen molar-refractivity contribution in [2.45, 2.75) is 43.0 Å². The van der Waals surface area contributed by atoms with Crippen LogP contribution in [0.4, 0.5) is 0 Å². The van der Waals surface area contributed by atoms with Gasteiger partial charge in [0.15, 0.2) is 5.16 Å². The summed E-state index contributed by atoms with van der Waals surface area (Å²) in [5.74, 6) is -0.432. The molecule has 0 spiro atoms. The summed E-state index contributed by atoms with van der Waals surface area (Å²) in [4.78, 5) is 31.9. The van der Waals surface area contributed by atoms with E-state index in [2.05, 4.69) is 28.2 Å². The highest BCUT2D eigenvalue weighted by Gasteiger charge is 2.18. The van der Waals surface area contributed by atoms with Crippen molar-refractivity contribution < 1.29 is 4.79 Å². The van der Waals surface area contributed by atoms with Crippen LogP contribution in [0.3, 0.4) is 0 Å². The maximum absolute atomic E-state index is 12.7. The highest BCUT2D eigenvalue weighted by Crippen LogP contribution is 2.34. The number of hydrogen-bond donors (Lipinski definition) is 2. The number of carbonyl (C=O) groups excluding carboxylic acids is 1. The van der Waals surface area contributed by atoms with Crippen LogP contribution in [0.25, 0.3) is 21.3 Å². The Morgan fingerprint density at radius 1 is 1.31 bits per heavy atom. The largest absolute Gasteiger partial charge is 0.369 e. The van der Waals surface area contributed by atoms with Crippen molar-refractivity contribution >= 4 is 39.2 Å². The Balaban J connectivity index is 1.76. The van der Waals surface area contributed by atoms with Crippen molar-refractivity contribution in [2.75, 3.05) is 0 Å². The minimum absolute atomic E-state index is 0.178. The first-order valence-electron chi connectivity index (χ1n) is 8.62. The molecule has 1 aliphatic carbocycles. The molecule has 7 heteroatoms. The summed E-state index contributed by atoms with van der Waals surface area (Å²) < 4.78 is 0. The molecular formula is C19H19N3O2S2. The summed E-state index contributed by atoms with van der Waals surface area (Å²) in [6.45, 7) is 1.70. The average molecular weight is 386 g/mol. The second-order valence-electron chi connectivity index (χ2n) is 6.55. The molecule has 1 unspecified atom stereocenters. The van der Waals surface area contributed by atoms with E-state index in [-0.39, 0.29) is 5.56 Å². The van der Waals surface area contributed by atoms with Crippen LogP contribution >= 0.6 is 23.1 Å². The number of aromatic nitrogens is 2. The fraction of sp³-hybridized carbons (Fsp3) is 0.316. The third-order valence-electron chi connectivity index (χ3n) is 4.77. The number of nitrogens with two attached hydrogens (primary N) is 1. The van der Waals surface area contributed by atoms with Crippen molar-refractivity contribution in [1.29, 1.82) is 0 Å². The number of nitrogens with zero attached hydrogens (tertiary/aromatic N) is 1. The molecule has 26 heavy (non-hydrogen) atoms. The lowest BCUT2D eigenvalue weighted by Gasteiger charge is -2.16. The number of thiophene rings is 1. The number of nitrogens with one attached hydrogen (secondary N) is 1. The second-order valence-corrected chi connectivity index (χ2v) is 8.74. The van der Waals surface area contributed by atoms with Crippen LogP contribution in [0.15, 0.2) is 33.5 Å². The van der Waals surface area contributed by atoms with E-state index in [0.717, 1.165) is 24.0 Å². The van der Waals surface area contributed by atoms with Gasteiger partial charge < -0.3 is 10.7 Å². The van der Waals surface area contributed by atoms with Crippen LogP contribution in [-0.2, 0) is 17.6 Å². The van der Waals surface area contributed by atoms with E-state index in [0.29, 0.717) is 15.4 Å². The Hall–Kier alpha value is -2.12. The molecule has 3 aromatic rings. The molecule has 2 heterocycles. The number of primary amides is 1. The van der Waals surface area contributed by atoms with Gasteiger partial charge in [-0.15, -0.1) is 11.3 Å². The first kappa shape index (κ1) is 17.3. The number of rotatable bonds is 4. The molecule has 1 amide bonds. The van der Waals surface area contributed by atoms with Gasteiger partial charge >= 0.3 is 0 Å². The van der Waals surface area contributed by atoms with Gasteiger partial charge in [-0.25, -0.2) is 4.98 Å². The second kappa shape index (κ2) is 6.89. The summed E-state index contributed by atoms with van der Waals surface area (Å²) in [7, 11) is 0. The summed E-state index contributed by atoms with van der Waals surface area (Å²) in [5, 5.41) is 2.58. The summed E-state index contributed by atoms with van der Waals surface area (Å²) in [5.41, 5.74) is 9.91. The van der Waals surface area contributed by atoms with Crippen LogP contribution < -0.4 is 11.3 Å². The third kappa shape index (κ3) is 3.17. The smallest absolute Gasteiger partial charge is 0.260 e. The topological polar surface area (TPSA) is 88.8 Å². The minimum atomic E-state index is -0.448. The third-order valence-corrected chi connectivity index (χ3v) is 6.65. The van der Waals surface area contributed by atoms with Crippen molar-refractivity contribution in [1.82, 2.24) is 9.97 Å². The molecule has 0 saturated heterocycles.